The zero-order valence-corrected chi connectivity index (χ0v) is 11.0. The maximum atomic E-state index is 6.01. The monoisotopic (exact) mass is 237 g/mol. The van der Waals surface area contributed by atoms with Crippen molar-refractivity contribution in [2.24, 2.45) is 17.6 Å². The van der Waals surface area contributed by atoms with Crippen molar-refractivity contribution < 1.29 is 4.52 Å². The van der Waals surface area contributed by atoms with Crippen LogP contribution in [0.2, 0.25) is 0 Å². The van der Waals surface area contributed by atoms with Crippen LogP contribution in [0, 0.1) is 11.8 Å². The van der Waals surface area contributed by atoms with E-state index in [4.69, 9.17) is 10.3 Å². The van der Waals surface area contributed by atoms with Gasteiger partial charge in [-0.05, 0) is 24.7 Å². The van der Waals surface area contributed by atoms with Crippen molar-refractivity contribution in [2.45, 2.75) is 58.4 Å². The molecule has 0 spiro atoms. The molecule has 1 atom stereocenters. The Labute approximate surface area is 103 Å². The van der Waals surface area contributed by atoms with Gasteiger partial charge in [0.2, 0.25) is 5.89 Å². The first-order valence-corrected chi connectivity index (χ1v) is 6.67. The molecule has 1 heterocycles. The molecule has 1 aromatic heterocycles. The van der Waals surface area contributed by atoms with E-state index in [1.807, 2.05) is 0 Å². The fourth-order valence-electron chi connectivity index (χ4n) is 2.35. The van der Waals surface area contributed by atoms with Gasteiger partial charge in [-0.15, -0.1) is 0 Å². The molecule has 4 nitrogen and oxygen atoms in total. The summed E-state index contributed by atoms with van der Waals surface area (Å²) in [5.74, 6) is 3.10. The molecule has 0 bridgehead atoms. The highest BCUT2D eigenvalue weighted by molar-refractivity contribution is 5.00. The number of rotatable bonds is 3. The highest BCUT2D eigenvalue weighted by Crippen LogP contribution is 2.34. The van der Waals surface area contributed by atoms with Gasteiger partial charge in [-0.2, -0.15) is 4.98 Å². The van der Waals surface area contributed by atoms with E-state index in [-0.39, 0.29) is 6.04 Å². The van der Waals surface area contributed by atoms with Gasteiger partial charge in [0.05, 0.1) is 6.04 Å². The highest BCUT2D eigenvalue weighted by atomic mass is 16.5. The summed E-state index contributed by atoms with van der Waals surface area (Å²) in [5.41, 5.74) is 6.01. The molecule has 4 heteroatoms. The van der Waals surface area contributed by atoms with Gasteiger partial charge in [0.15, 0.2) is 5.82 Å². The van der Waals surface area contributed by atoms with Gasteiger partial charge in [-0.1, -0.05) is 38.8 Å². The molecule has 0 aromatic carbocycles. The van der Waals surface area contributed by atoms with E-state index in [0.29, 0.717) is 17.7 Å². The molecular weight excluding hydrogens is 214 g/mol. The first-order chi connectivity index (χ1) is 8.08. The van der Waals surface area contributed by atoms with E-state index in [2.05, 4.69) is 30.9 Å². The van der Waals surface area contributed by atoms with Crippen LogP contribution in [0.4, 0.5) is 0 Å². The number of hydrogen-bond donors (Lipinski definition) is 1. The third-order valence-electron chi connectivity index (χ3n) is 3.84. The maximum absolute atomic E-state index is 6.01. The third-order valence-corrected chi connectivity index (χ3v) is 3.84. The van der Waals surface area contributed by atoms with E-state index >= 15 is 0 Å². The second-order valence-corrected chi connectivity index (χ2v) is 5.72. The van der Waals surface area contributed by atoms with E-state index in [1.165, 1.54) is 25.7 Å². The fourth-order valence-corrected chi connectivity index (χ4v) is 2.35. The normalized spacial score (nSPS) is 27.4. The summed E-state index contributed by atoms with van der Waals surface area (Å²) < 4.78 is 5.28. The molecule has 0 radical (unpaired) electrons. The van der Waals surface area contributed by atoms with E-state index in [9.17, 15) is 0 Å². The Balaban J connectivity index is 2.03. The summed E-state index contributed by atoms with van der Waals surface area (Å²) in [6.07, 6.45) is 4.89. The molecular formula is C13H23N3O. The first-order valence-electron chi connectivity index (χ1n) is 6.67. The zero-order chi connectivity index (χ0) is 12.4. The first kappa shape index (κ1) is 12.6. The second-order valence-electron chi connectivity index (χ2n) is 5.72. The Bertz CT molecular complexity index is 353. The molecule has 0 aliphatic heterocycles. The highest BCUT2D eigenvalue weighted by Gasteiger charge is 2.25. The number of nitrogens with zero attached hydrogens (tertiary/aromatic N) is 2. The van der Waals surface area contributed by atoms with Crippen molar-refractivity contribution in [2.75, 3.05) is 0 Å². The van der Waals surface area contributed by atoms with Gasteiger partial charge in [-0.3, -0.25) is 0 Å². The molecule has 17 heavy (non-hydrogen) atoms. The van der Waals surface area contributed by atoms with Crippen molar-refractivity contribution in [1.82, 2.24) is 10.1 Å². The largest absolute Gasteiger partial charge is 0.338 e. The predicted molar refractivity (Wildman–Crippen MR) is 66.4 cm³/mol. The molecule has 1 aliphatic rings. The molecule has 0 unspecified atom stereocenters. The van der Waals surface area contributed by atoms with E-state index in [0.717, 1.165) is 11.7 Å². The number of hydrogen-bond acceptors (Lipinski definition) is 4. The Morgan fingerprint density at radius 3 is 2.47 bits per heavy atom. The quantitative estimate of drug-likeness (QED) is 0.877. The molecule has 96 valence electrons. The molecule has 0 saturated heterocycles. The summed E-state index contributed by atoms with van der Waals surface area (Å²) in [4.78, 5) is 4.48. The van der Waals surface area contributed by atoms with Crippen molar-refractivity contribution in [3.05, 3.63) is 11.7 Å². The van der Waals surface area contributed by atoms with E-state index in [1.54, 1.807) is 0 Å². The van der Waals surface area contributed by atoms with Gasteiger partial charge in [-0.25, -0.2) is 0 Å². The average molecular weight is 237 g/mol. The van der Waals surface area contributed by atoms with Crippen molar-refractivity contribution in [3.63, 3.8) is 0 Å². The van der Waals surface area contributed by atoms with Gasteiger partial charge >= 0.3 is 0 Å². The third kappa shape index (κ3) is 2.86. The lowest BCUT2D eigenvalue weighted by molar-refractivity contribution is 0.308. The smallest absolute Gasteiger partial charge is 0.243 e. The van der Waals surface area contributed by atoms with Gasteiger partial charge < -0.3 is 10.3 Å². The van der Waals surface area contributed by atoms with Crippen molar-refractivity contribution >= 4 is 0 Å². The standard InChI is InChI=1S/C13H23N3O/c1-8(2)11(14)13-15-12(16-17-13)10-6-4-9(3)5-7-10/h8-11H,4-7,14H2,1-3H3/t9?,10?,11-/m1/s1. The summed E-state index contributed by atoms with van der Waals surface area (Å²) in [6.45, 7) is 6.44. The van der Waals surface area contributed by atoms with Crippen LogP contribution >= 0.6 is 0 Å². The van der Waals surface area contributed by atoms with Crippen LogP contribution in [0.3, 0.4) is 0 Å². The SMILES string of the molecule is CC1CCC(c2noc([C@H](N)C(C)C)n2)CC1. The minimum atomic E-state index is -0.140. The van der Waals surface area contributed by atoms with Crippen LogP contribution in [-0.2, 0) is 0 Å². The lowest BCUT2D eigenvalue weighted by Gasteiger charge is -2.23. The average Bonchev–Trinajstić information content (AvgIpc) is 2.78. The van der Waals surface area contributed by atoms with Crippen molar-refractivity contribution in [1.29, 1.82) is 0 Å². The Hall–Kier alpha value is -0.900. The molecule has 1 fully saturated rings. The summed E-state index contributed by atoms with van der Waals surface area (Å²) >= 11 is 0. The molecule has 2 rings (SSSR count). The minimum Gasteiger partial charge on any atom is -0.338 e. The Kier molecular flexibility index (Phi) is 3.82. The lowest BCUT2D eigenvalue weighted by atomic mass is 9.83. The Morgan fingerprint density at radius 1 is 1.24 bits per heavy atom. The Morgan fingerprint density at radius 2 is 1.88 bits per heavy atom. The zero-order valence-electron chi connectivity index (χ0n) is 11.0. The summed E-state index contributed by atoms with van der Waals surface area (Å²) in [7, 11) is 0. The second kappa shape index (κ2) is 5.17. The molecule has 1 aliphatic carbocycles. The number of nitrogens with two attached hydrogens (primary N) is 1. The van der Waals surface area contributed by atoms with Gasteiger partial charge in [0.1, 0.15) is 0 Å². The molecule has 2 N–H and O–H groups in total. The van der Waals surface area contributed by atoms with Crippen molar-refractivity contribution in [3.8, 4) is 0 Å². The minimum absolute atomic E-state index is 0.140. The molecule has 1 aromatic rings. The van der Waals surface area contributed by atoms with Crippen LogP contribution in [-0.4, -0.2) is 10.1 Å². The van der Waals surface area contributed by atoms with Gasteiger partial charge in [0, 0.05) is 5.92 Å². The maximum Gasteiger partial charge on any atom is 0.243 e. The molecule has 1 saturated carbocycles. The predicted octanol–water partition coefficient (Wildman–Crippen LogP) is 3.02. The fraction of sp³-hybridized carbons (Fsp3) is 0.846. The van der Waals surface area contributed by atoms with Gasteiger partial charge in [0.25, 0.3) is 0 Å². The summed E-state index contributed by atoms with van der Waals surface area (Å²) in [6, 6.07) is -0.140. The van der Waals surface area contributed by atoms with Crippen LogP contribution in [0.5, 0.6) is 0 Å². The van der Waals surface area contributed by atoms with Crippen LogP contribution in [0.25, 0.3) is 0 Å². The number of aromatic nitrogens is 2. The molecule has 0 amide bonds. The van der Waals surface area contributed by atoms with Crippen LogP contribution in [0.1, 0.15) is 70.1 Å². The van der Waals surface area contributed by atoms with Crippen LogP contribution in [0.15, 0.2) is 4.52 Å². The summed E-state index contributed by atoms with van der Waals surface area (Å²) in [5, 5.41) is 4.10. The van der Waals surface area contributed by atoms with E-state index < -0.39 is 0 Å². The van der Waals surface area contributed by atoms with Crippen LogP contribution < -0.4 is 5.73 Å². The topological polar surface area (TPSA) is 64.9 Å². The lowest BCUT2D eigenvalue weighted by Crippen LogP contribution is -2.17.